The first-order valence-corrected chi connectivity index (χ1v) is 10.2. The average molecular weight is 370 g/mol. The predicted molar refractivity (Wildman–Crippen MR) is 107 cm³/mol. The summed E-state index contributed by atoms with van der Waals surface area (Å²) in [5.74, 6) is 0.108. The number of pyridine rings is 1. The molecule has 0 N–H and O–H groups in total. The smallest absolute Gasteiger partial charge is 0.274 e. The van der Waals surface area contributed by atoms with Crippen molar-refractivity contribution < 1.29 is 4.79 Å². The number of aromatic nitrogens is 2. The maximum atomic E-state index is 13.3. The number of carbonyl (C=O) groups excluding carboxylic acids is 1. The molecule has 0 saturated carbocycles. The largest absolute Gasteiger partial charge is 0.337 e. The number of likely N-dealkylation sites (tertiary alicyclic amines) is 2. The third-order valence-corrected chi connectivity index (χ3v) is 6.14. The molecule has 2 aromatic rings. The van der Waals surface area contributed by atoms with Crippen molar-refractivity contribution in [1.29, 1.82) is 0 Å². The molecule has 146 valence electrons. The Morgan fingerprint density at radius 1 is 1.22 bits per heavy atom. The number of nitrogens with zero attached hydrogens (tertiary/aromatic N) is 5. The van der Waals surface area contributed by atoms with Gasteiger partial charge < -0.3 is 14.2 Å². The molecule has 2 saturated heterocycles. The number of piperidine rings is 1. The topological polar surface area (TPSA) is 44.1 Å². The van der Waals surface area contributed by atoms with Crippen LogP contribution >= 0.6 is 0 Å². The minimum atomic E-state index is 0.108. The fraction of sp³-hybridized carbons (Fsp3) is 0.619. The maximum absolute atomic E-state index is 13.3. The fourth-order valence-corrected chi connectivity index (χ4v) is 4.41. The van der Waals surface area contributed by atoms with Gasteiger partial charge in [-0.05, 0) is 58.3 Å². The zero-order valence-electron chi connectivity index (χ0n) is 16.8. The lowest BCUT2D eigenvalue weighted by Crippen LogP contribution is -2.37. The second-order valence-corrected chi connectivity index (χ2v) is 8.29. The SMILES string of the molecule is Cc1cccn2c(CN3CC[C@H](N(C)C)C3)c(C(=O)N3CCCCC3)nc12. The van der Waals surface area contributed by atoms with Crippen LogP contribution < -0.4 is 0 Å². The van der Waals surface area contributed by atoms with Crippen LogP contribution in [0.3, 0.4) is 0 Å². The van der Waals surface area contributed by atoms with Crippen LogP contribution in [0.4, 0.5) is 0 Å². The highest BCUT2D eigenvalue weighted by atomic mass is 16.2. The Labute approximate surface area is 161 Å². The molecule has 1 amide bonds. The van der Waals surface area contributed by atoms with Crippen LogP contribution in [-0.4, -0.2) is 76.3 Å². The number of aryl methyl sites for hydroxylation is 1. The molecular weight excluding hydrogens is 338 g/mol. The maximum Gasteiger partial charge on any atom is 0.274 e. The fourth-order valence-electron chi connectivity index (χ4n) is 4.41. The second kappa shape index (κ2) is 7.60. The molecule has 0 bridgehead atoms. The quantitative estimate of drug-likeness (QED) is 0.830. The molecule has 0 aliphatic carbocycles. The van der Waals surface area contributed by atoms with Gasteiger partial charge in [0.05, 0.1) is 5.69 Å². The molecule has 0 spiro atoms. The van der Waals surface area contributed by atoms with Crippen LogP contribution in [0, 0.1) is 6.92 Å². The molecule has 6 nitrogen and oxygen atoms in total. The van der Waals surface area contributed by atoms with Gasteiger partial charge in [0.2, 0.25) is 0 Å². The highest BCUT2D eigenvalue weighted by Crippen LogP contribution is 2.23. The first kappa shape index (κ1) is 18.4. The minimum Gasteiger partial charge on any atom is -0.337 e. The van der Waals surface area contributed by atoms with Crippen molar-refractivity contribution in [2.45, 2.75) is 45.2 Å². The number of fused-ring (bicyclic) bond motifs is 1. The lowest BCUT2D eigenvalue weighted by atomic mass is 10.1. The highest BCUT2D eigenvalue weighted by molar-refractivity contribution is 5.94. The molecular formula is C21H31N5O. The van der Waals surface area contributed by atoms with Gasteiger partial charge in [0.1, 0.15) is 5.65 Å². The number of amides is 1. The summed E-state index contributed by atoms with van der Waals surface area (Å²) in [6.45, 7) is 6.68. The zero-order valence-corrected chi connectivity index (χ0v) is 16.8. The molecule has 0 aromatic carbocycles. The molecule has 27 heavy (non-hydrogen) atoms. The van der Waals surface area contributed by atoms with Crippen molar-refractivity contribution in [2.75, 3.05) is 40.3 Å². The third-order valence-electron chi connectivity index (χ3n) is 6.14. The van der Waals surface area contributed by atoms with Crippen molar-refractivity contribution in [2.24, 2.45) is 0 Å². The van der Waals surface area contributed by atoms with Crippen LogP contribution in [0.25, 0.3) is 5.65 Å². The van der Waals surface area contributed by atoms with Crippen LogP contribution in [-0.2, 0) is 6.54 Å². The van der Waals surface area contributed by atoms with E-state index in [9.17, 15) is 4.79 Å². The Bertz CT molecular complexity index is 821. The van der Waals surface area contributed by atoms with Gasteiger partial charge >= 0.3 is 0 Å². The van der Waals surface area contributed by atoms with Crippen LogP contribution in [0.15, 0.2) is 18.3 Å². The van der Waals surface area contributed by atoms with E-state index >= 15 is 0 Å². The van der Waals surface area contributed by atoms with Gasteiger partial charge in [-0.1, -0.05) is 6.07 Å². The minimum absolute atomic E-state index is 0.108. The van der Waals surface area contributed by atoms with E-state index in [-0.39, 0.29) is 5.91 Å². The van der Waals surface area contributed by atoms with E-state index in [1.54, 1.807) is 0 Å². The standard InChI is InChI=1S/C21H31N5O/c1-16-8-7-12-26-18(15-24-13-9-17(14-24)23(2)3)19(22-20(16)26)21(27)25-10-5-4-6-11-25/h7-8,12,17H,4-6,9-11,13-15H2,1-3H3/t17-/m0/s1. The van der Waals surface area contributed by atoms with Crippen molar-refractivity contribution >= 4 is 11.6 Å². The Balaban J connectivity index is 1.67. The van der Waals surface area contributed by atoms with Gasteiger partial charge in [-0.25, -0.2) is 4.98 Å². The van der Waals surface area contributed by atoms with Crippen molar-refractivity contribution in [1.82, 2.24) is 24.1 Å². The average Bonchev–Trinajstić information content (AvgIpc) is 3.29. The molecule has 1 atom stereocenters. The number of hydrogen-bond acceptors (Lipinski definition) is 4. The van der Waals surface area contributed by atoms with E-state index in [2.05, 4.69) is 53.5 Å². The van der Waals surface area contributed by atoms with Gasteiger partial charge in [-0.2, -0.15) is 0 Å². The monoisotopic (exact) mass is 369 g/mol. The molecule has 2 aliphatic rings. The highest BCUT2D eigenvalue weighted by Gasteiger charge is 2.29. The third kappa shape index (κ3) is 3.60. The normalized spacial score (nSPS) is 21.5. The lowest BCUT2D eigenvalue weighted by molar-refractivity contribution is 0.0716. The van der Waals surface area contributed by atoms with Crippen molar-refractivity contribution in [3.63, 3.8) is 0 Å². The van der Waals surface area contributed by atoms with Gasteiger partial charge in [-0.3, -0.25) is 9.69 Å². The first-order chi connectivity index (χ1) is 13.0. The van der Waals surface area contributed by atoms with E-state index < -0.39 is 0 Å². The number of hydrogen-bond donors (Lipinski definition) is 0. The Morgan fingerprint density at radius 2 is 2.00 bits per heavy atom. The molecule has 2 fully saturated rings. The van der Waals surface area contributed by atoms with E-state index in [4.69, 9.17) is 4.98 Å². The summed E-state index contributed by atoms with van der Waals surface area (Å²) in [7, 11) is 4.30. The predicted octanol–water partition coefficient (Wildman–Crippen LogP) is 2.40. The summed E-state index contributed by atoms with van der Waals surface area (Å²) in [4.78, 5) is 24.9. The number of imidazole rings is 1. The number of likely N-dealkylation sites (N-methyl/N-ethyl adjacent to an activating group) is 1. The molecule has 2 aliphatic heterocycles. The summed E-state index contributed by atoms with van der Waals surface area (Å²) >= 11 is 0. The summed E-state index contributed by atoms with van der Waals surface area (Å²) in [6.07, 6.45) is 6.66. The Kier molecular flexibility index (Phi) is 5.19. The van der Waals surface area contributed by atoms with E-state index in [0.29, 0.717) is 11.7 Å². The van der Waals surface area contributed by atoms with Crippen molar-refractivity contribution in [3.05, 3.63) is 35.3 Å². The summed E-state index contributed by atoms with van der Waals surface area (Å²) < 4.78 is 2.13. The van der Waals surface area contributed by atoms with Crippen LogP contribution in [0.2, 0.25) is 0 Å². The Hall–Kier alpha value is -1.92. The van der Waals surface area contributed by atoms with E-state index in [1.165, 1.54) is 12.8 Å². The zero-order chi connectivity index (χ0) is 19.0. The summed E-state index contributed by atoms with van der Waals surface area (Å²) in [5, 5.41) is 0. The van der Waals surface area contributed by atoms with E-state index in [0.717, 1.165) is 62.5 Å². The van der Waals surface area contributed by atoms with Gasteiger partial charge in [0, 0.05) is 45.0 Å². The number of carbonyl (C=O) groups is 1. The summed E-state index contributed by atoms with van der Waals surface area (Å²) in [5.41, 5.74) is 3.73. The molecule has 0 unspecified atom stereocenters. The lowest BCUT2D eigenvalue weighted by Gasteiger charge is -2.26. The van der Waals surface area contributed by atoms with Gasteiger partial charge in [-0.15, -0.1) is 0 Å². The van der Waals surface area contributed by atoms with Crippen LogP contribution in [0.5, 0.6) is 0 Å². The van der Waals surface area contributed by atoms with E-state index in [1.807, 2.05) is 4.90 Å². The molecule has 2 aromatic heterocycles. The Morgan fingerprint density at radius 3 is 2.70 bits per heavy atom. The molecule has 4 rings (SSSR count). The number of rotatable bonds is 4. The first-order valence-electron chi connectivity index (χ1n) is 10.2. The van der Waals surface area contributed by atoms with Gasteiger partial charge in [0.25, 0.3) is 5.91 Å². The molecule has 6 heteroatoms. The molecule has 4 heterocycles. The summed E-state index contributed by atoms with van der Waals surface area (Å²) in [6, 6.07) is 4.71. The van der Waals surface area contributed by atoms with Crippen LogP contribution in [0.1, 0.15) is 47.4 Å². The van der Waals surface area contributed by atoms with Crippen molar-refractivity contribution in [3.8, 4) is 0 Å². The second-order valence-electron chi connectivity index (χ2n) is 8.29. The van der Waals surface area contributed by atoms with Gasteiger partial charge in [0.15, 0.2) is 5.69 Å². The molecule has 0 radical (unpaired) electrons.